The lowest BCUT2D eigenvalue weighted by atomic mass is 10.2. The summed E-state index contributed by atoms with van der Waals surface area (Å²) >= 11 is 1.57. The predicted molar refractivity (Wildman–Crippen MR) is 84.2 cm³/mol. The minimum Gasteiger partial charge on any atom is -0.484 e. The lowest BCUT2D eigenvalue weighted by Gasteiger charge is -2.10. The summed E-state index contributed by atoms with van der Waals surface area (Å²) in [6, 6.07) is 14.2. The van der Waals surface area contributed by atoms with Crippen LogP contribution in [0.2, 0.25) is 0 Å². The maximum absolute atomic E-state index is 11.9. The summed E-state index contributed by atoms with van der Waals surface area (Å²) in [6.07, 6.45) is 2.71. The number of carbonyl (C=O) groups is 2. The van der Waals surface area contributed by atoms with Crippen LogP contribution in [0.4, 0.5) is 5.69 Å². The molecular formula is C16H15NO3S. The minimum atomic E-state index is -0.226. The summed E-state index contributed by atoms with van der Waals surface area (Å²) in [5, 5.41) is 2.81. The molecule has 0 radical (unpaired) electrons. The number of ether oxygens (including phenoxy) is 1. The summed E-state index contributed by atoms with van der Waals surface area (Å²) in [7, 11) is 0. The van der Waals surface area contributed by atoms with Gasteiger partial charge in [-0.05, 0) is 42.7 Å². The fourth-order valence-electron chi connectivity index (χ4n) is 1.73. The predicted octanol–water partition coefficient (Wildman–Crippen LogP) is 3.24. The smallest absolute Gasteiger partial charge is 0.262 e. The van der Waals surface area contributed by atoms with Crippen molar-refractivity contribution in [3.05, 3.63) is 54.1 Å². The number of hydrogen-bond donors (Lipinski definition) is 1. The maximum Gasteiger partial charge on any atom is 0.262 e. The molecule has 1 N–H and O–H groups in total. The van der Waals surface area contributed by atoms with Gasteiger partial charge < -0.3 is 10.1 Å². The highest BCUT2D eigenvalue weighted by molar-refractivity contribution is 7.98. The van der Waals surface area contributed by atoms with Crippen LogP contribution >= 0.6 is 11.8 Å². The van der Waals surface area contributed by atoms with Crippen molar-refractivity contribution >= 4 is 29.6 Å². The normalized spacial score (nSPS) is 9.95. The molecule has 0 atom stereocenters. The van der Waals surface area contributed by atoms with E-state index in [2.05, 4.69) is 5.32 Å². The fourth-order valence-corrected chi connectivity index (χ4v) is 2.28. The summed E-state index contributed by atoms with van der Waals surface area (Å²) in [6.45, 7) is -0.0802. The molecule has 0 bridgehead atoms. The van der Waals surface area contributed by atoms with Crippen LogP contribution in [-0.4, -0.2) is 25.1 Å². The van der Waals surface area contributed by atoms with Crippen LogP contribution in [0, 0.1) is 0 Å². The number of thioether (sulfide) groups is 1. The van der Waals surface area contributed by atoms with E-state index in [0.29, 0.717) is 11.3 Å². The Hall–Kier alpha value is -2.27. The van der Waals surface area contributed by atoms with Crippen molar-refractivity contribution in [3.8, 4) is 5.75 Å². The van der Waals surface area contributed by atoms with E-state index in [-0.39, 0.29) is 12.5 Å². The zero-order valence-corrected chi connectivity index (χ0v) is 12.4. The Kier molecular flexibility index (Phi) is 5.40. The van der Waals surface area contributed by atoms with E-state index in [1.165, 1.54) is 0 Å². The second-order valence-corrected chi connectivity index (χ2v) is 5.07. The second kappa shape index (κ2) is 7.50. The Bertz CT molecular complexity index is 626. The molecule has 0 aromatic heterocycles. The highest BCUT2D eigenvalue weighted by Crippen LogP contribution is 2.24. The fraction of sp³-hybridized carbons (Fsp3) is 0.125. The summed E-state index contributed by atoms with van der Waals surface area (Å²) in [5.74, 6) is 0.324. The summed E-state index contributed by atoms with van der Waals surface area (Å²) < 4.78 is 5.38. The molecule has 0 saturated carbocycles. The van der Waals surface area contributed by atoms with Gasteiger partial charge in [-0.2, -0.15) is 0 Å². The molecule has 0 aliphatic carbocycles. The van der Waals surface area contributed by atoms with E-state index in [9.17, 15) is 9.59 Å². The number of anilines is 1. The first kappa shape index (κ1) is 15.1. The van der Waals surface area contributed by atoms with Crippen LogP contribution in [0.3, 0.4) is 0 Å². The molecule has 0 aliphatic heterocycles. The van der Waals surface area contributed by atoms with Gasteiger partial charge in [0.15, 0.2) is 6.61 Å². The number of para-hydroxylation sites is 1. The standard InChI is InChI=1S/C16H15NO3S/c1-21-15-5-3-2-4-14(15)17-16(19)11-20-13-8-6-12(10-18)7-9-13/h2-10H,11H2,1H3,(H,17,19). The summed E-state index contributed by atoms with van der Waals surface area (Å²) in [4.78, 5) is 23.4. The van der Waals surface area contributed by atoms with Gasteiger partial charge in [0.1, 0.15) is 12.0 Å². The molecule has 0 heterocycles. The minimum absolute atomic E-state index is 0.0802. The Morgan fingerprint density at radius 2 is 1.90 bits per heavy atom. The molecule has 0 spiro atoms. The Morgan fingerprint density at radius 3 is 2.57 bits per heavy atom. The van der Waals surface area contributed by atoms with Crippen LogP contribution in [0.25, 0.3) is 0 Å². The lowest BCUT2D eigenvalue weighted by molar-refractivity contribution is -0.118. The van der Waals surface area contributed by atoms with Crippen LogP contribution in [0.5, 0.6) is 5.75 Å². The number of nitrogens with one attached hydrogen (secondary N) is 1. The molecule has 1 amide bonds. The number of amides is 1. The molecule has 2 aromatic rings. The van der Waals surface area contributed by atoms with Gasteiger partial charge in [0.2, 0.25) is 0 Å². The third-order valence-corrected chi connectivity index (χ3v) is 3.56. The van der Waals surface area contributed by atoms with Crippen LogP contribution in [0.15, 0.2) is 53.4 Å². The van der Waals surface area contributed by atoms with Gasteiger partial charge in [0.25, 0.3) is 5.91 Å². The first-order chi connectivity index (χ1) is 10.2. The molecule has 0 fully saturated rings. The number of hydrogen-bond acceptors (Lipinski definition) is 4. The molecule has 0 saturated heterocycles. The van der Waals surface area contributed by atoms with Crippen LogP contribution in [-0.2, 0) is 4.79 Å². The van der Waals surface area contributed by atoms with Gasteiger partial charge in [-0.25, -0.2) is 0 Å². The maximum atomic E-state index is 11.9. The van der Waals surface area contributed by atoms with E-state index in [4.69, 9.17) is 4.74 Å². The van der Waals surface area contributed by atoms with Gasteiger partial charge in [-0.15, -0.1) is 11.8 Å². The first-order valence-electron chi connectivity index (χ1n) is 6.34. The SMILES string of the molecule is CSc1ccccc1NC(=O)COc1ccc(C=O)cc1. The number of aldehydes is 1. The van der Waals surface area contributed by atoms with E-state index < -0.39 is 0 Å². The van der Waals surface area contributed by atoms with Crippen LogP contribution < -0.4 is 10.1 Å². The van der Waals surface area contributed by atoms with Crippen molar-refractivity contribution < 1.29 is 14.3 Å². The van der Waals surface area contributed by atoms with E-state index in [1.807, 2.05) is 30.5 Å². The largest absolute Gasteiger partial charge is 0.484 e. The van der Waals surface area contributed by atoms with E-state index in [0.717, 1.165) is 16.9 Å². The molecule has 108 valence electrons. The molecule has 21 heavy (non-hydrogen) atoms. The van der Waals surface area contributed by atoms with Gasteiger partial charge in [0.05, 0.1) is 5.69 Å². The molecule has 5 heteroatoms. The molecule has 4 nitrogen and oxygen atoms in total. The first-order valence-corrected chi connectivity index (χ1v) is 7.56. The average Bonchev–Trinajstić information content (AvgIpc) is 2.54. The van der Waals surface area contributed by atoms with Crippen molar-refractivity contribution in [1.82, 2.24) is 0 Å². The molecule has 2 aromatic carbocycles. The van der Waals surface area contributed by atoms with E-state index in [1.54, 1.807) is 36.0 Å². The third-order valence-electron chi connectivity index (χ3n) is 2.77. The second-order valence-electron chi connectivity index (χ2n) is 4.22. The average molecular weight is 301 g/mol. The van der Waals surface area contributed by atoms with Crippen molar-refractivity contribution in [1.29, 1.82) is 0 Å². The van der Waals surface area contributed by atoms with Crippen molar-refractivity contribution in [2.75, 3.05) is 18.2 Å². The molecule has 2 rings (SSSR count). The monoisotopic (exact) mass is 301 g/mol. The highest BCUT2D eigenvalue weighted by Gasteiger charge is 2.06. The highest BCUT2D eigenvalue weighted by atomic mass is 32.2. The summed E-state index contributed by atoms with van der Waals surface area (Å²) in [5.41, 5.74) is 1.34. The van der Waals surface area contributed by atoms with Crippen LogP contribution in [0.1, 0.15) is 10.4 Å². The molecule has 0 aliphatic rings. The topological polar surface area (TPSA) is 55.4 Å². The third kappa shape index (κ3) is 4.36. The number of benzene rings is 2. The van der Waals surface area contributed by atoms with Crippen molar-refractivity contribution in [2.24, 2.45) is 0 Å². The molecule has 0 unspecified atom stereocenters. The quantitative estimate of drug-likeness (QED) is 0.657. The van der Waals surface area contributed by atoms with Gasteiger partial charge in [-0.1, -0.05) is 12.1 Å². The Balaban J connectivity index is 1.91. The number of rotatable bonds is 6. The van der Waals surface area contributed by atoms with Gasteiger partial charge in [-0.3, -0.25) is 9.59 Å². The van der Waals surface area contributed by atoms with Gasteiger partial charge >= 0.3 is 0 Å². The zero-order valence-electron chi connectivity index (χ0n) is 11.5. The molecular weight excluding hydrogens is 286 g/mol. The zero-order chi connectivity index (χ0) is 15.1. The van der Waals surface area contributed by atoms with Gasteiger partial charge in [0, 0.05) is 10.5 Å². The lowest BCUT2D eigenvalue weighted by Crippen LogP contribution is -2.20. The van der Waals surface area contributed by atoms with Crippen molar-refractivity contribution in [3.63, 3.8) is 0 Å². The number of carbonyl (C=O) groups excluding carboxylic acids is 2. The Morgan fingerprint density at radius 1 is 1.19 bits per heavy atom. The Labute approximate surface area is 127 Å². The van der Waals surface area contributed by atoms with Crippen molar-refractivity contribution in [2.45, 2.75) is 4.90 Å². The van der Waals surface area contributed by atoms with E-state index >= 15 is 0 Å².